The molecule has 0 atom stereocenters. The number of hydrogen-bond donors (Lipinski definition) is 0. The predicted octanol–water partition coefficient (Wildman–Crippen LogP) is 1.88. The van der Waals surface area contributed by atoms with Crippen LogP contribution in [0.15, 0.2) is 0 Å². The molecule has 0 aliphatic heterocycles. The quantitative estimate of drug-likeness (QED) is 0.575. The largest absolute Gasteiger partial charge is 0.372 e. The van der Waals surface area contributed by atoms with E-state index >= 15 is 0 Å². The summed E-state index contributed by atoms with van der Waals surface area (Å²) < 4.78 is 0. The molecule has 0 saturated carbocycles. The molecule has 7 heavy (non-hydrogen) atoms. The van der Waals surface area contributed by atoms with Crippen molar-refractivity contribution in [3.05, 3.63) is 20.8 Å². The van der Waals surface area contributed by atoms with Gasteiger partial charge in [0.1, 0.15) is 0 Å². The molecular weight excluding hydrogens is 238 g/mol. The van der Waals surface area contributed by atoms with E-state index in [9.17, 15) is 0 Å². The molecule has 2 radical (unpaired) electrons. The van der Waals surface area contributed by atoms with Crippen molar-refractivity contribution in [1.82, 2.24) is 0 Å². The molecule has 2 heteroatoms. The summed E-state index contributed by atoms with van der Waals surface area (Å²) in [6, 6.07) is 0. The first-order chi connectivity index (χ1) is 2.41. The second-order valence-electron chi connectivity index (χ2n) is 0.354. The summed E-state index contributed by atoms with van der Waals surface area (Å²) in [5.74, 6) is 0. The minimum Gasteiger partial charge on any atom is -0.372 e. The van der Waals surface area contributed by atoms with Crippen LogP contribution in [0.5, 0.6) is 0 Å². The normalized spacial score (nSPS) is 3.43. The molecule has 0 bridgehead atoms. The Morgan fingerprint density at radius 2 is 1.00 bits per heavy atom. The standard InChI is InChI=1S/C3H6.C2H5.2Y/c1-3-2;1-2;;/h1-3H2;1H2,2H3;;/q-2;-1;;. The van der Waals surface area contributed by atoms with E-state index < -0.39 is 0 Å². The molecule has 0 amide bonds. The van der Waals surface area contributed by atoms with E-state index in [0.717, 1.165) is 6.42 Å². The molecule has 0 N–H and O–H groups in total. The van der Waals surface area contributed by atoms with Crippen LogP contribution in [-0.2, 0) is 65.4 Å². The Labute approximate surface area is 98.0 Å². The molecule has 0 aliphatic rings. The third-order valence-electron chi connectivity index (χ3n) is 0. The van der Waals surface area contributed by atoms with Gasteiger partial charge in [-0.1, -0.05) is 0 Å². The van der Waals surface area contributed by atoms with Crippen molar-refractivity contribution in [2.75, 3.05) is 0 Å². The van der Waals surface area contributed by atoms with Crippen molar-refractivity contribution in [2.45, 2.75) is 13.3 Å². The molecule has 0 heterocycles. The Balaban J connectivity index is -0.0000000105. The molecule has 0 aromatic carbocycles. The van der Waals surface area contributed by atoms with Crippen LogP contribution in [-0.4, -0.2) is 0 Å². The maximum Gasteiger partial charge on any atom is 0 e. The van der Waals surface area contributed by atoms with Gasteiger partial charge in [-0.25, -0.2) is 0 Å². The summed E-state index contributed by atoms with van der Waals surface area (Å²) in [4.78, 5) is 0. The van der Waals surface area contributed by atoms with E-state index in [1.54, 1.807) is 6.92 Å². The van der Waals surface area contributed by atoms with E-state index in [1.807, 2.05) is 0 Å². The van der Waals surface area contributed by atoms with Gasteiger partial charge in [-0.05, 0) is 0 Å². The fourth-order valence-corrected chi connectivity index (χ4v) is 0. The SMILES string of the molecule is [CH2-]C.[CH2-]C[CH2-].[Y].[Y]. The van der Waals surface area contributed by atoms with Crippen molar-refractivity contribution >= 4 is 0 Å². The molecule has 0 rings (SSSR count). The molecule has 0 spiro atoms. The van der Waals surface area contributed by atoms with Crippen LogP contribution >= 0.6 is 0 Å². The zero-order valence-electron chi connectivity index (χ0n) is 4.98. The van der Waals surface area contributed by atoms with E-state index in [1.165, 1.54) is 0 Å². The maximum absolute atomic E-state index is 3.38. The van der Waals surface area contributed by atoms with Gasteiger partial charge in [-0.15, -0.1) is 0 Å². The second kappa shape index (κ2) is 41.4. The summed E-state index contributed by atoms with van der Waals surface area (Å²) in [5.41, 5.74) is 0. The Kier molecular flexibility index (Phi) is 135. The first-order valence-electron chi connectivity index (χ1n) is 1.71. The summed E-state index contributed by atoms with van der Waals surface area (Å²) in [7, 11) is 0. The van der Waals surface area contributed by atoms with Crippen LogP contribution < -0.4 is 0 Å². The average molecular weight is 249 g/mol. The van der Waals surface area contributed by atoms with Crippen LogP contribution in [0.3, 0.4) is 0 Å². The van der Waals surface area contributed by atoms with Crippen molar-refractivity contribution < 1.29 is 65.4 Å². The molecule has 40 valence electrons. The molecule has 0 nitrogen and oxygen atoms in total. The van der Waals surface area contributed by atoms with E-state index in [-0.39, 0.29) is 65.4 Å². The molecule has 0 fully saturated rings. The van der Waals surface area contributed by atoms with Crippen molar-refractivity contribution in [1.29, 1.82) is 0 Å². The third-order valence-corrected chi connectivity index (χ3v) is 0. The van der Waals surface area contributed by atoms with Crippen LogP contribution in [0.4, 0.5) is 0 Å². The van der Waals surface area contributed by atoms with Crippen LogP contribution in [0, 0.1) is 20.8 Å². The van der Waals surface area contributed by atoms with Gasteiger partial charge in [-0.3, -0.25) is 0 Å². The third kappa shape index (κ3) is 64.9. The smallest absolute Gasteiger partial charge is 0 e. The fraction of sp³-hybridized carbons (Fsp3) is 0.400. The molecular formula is C5H11Y2-3. The van der Waals surface area contributed by atoms with E-state index in [2.05, 4.69) is 20.8 Å². The first-order valence-corrected chi connectivity index (χ1v) is 1.71. The monoisotopic (exact) mass is 249 g/mol. The first kappa shape index (κ1) is 22.9. The topological polar surface area (TPSA) is 0 Å². The summed E-state index contributed by atoms with van der Waals surface area (Å²) in [6.45, 7) is 11.8. The van der Waals surface area contributed by atoms with Gasteiger partial charge in [0.2, 0.25) is 0 Å². The number of hydrogen-bond acceptors (Lipinski definition) is 0. The van der Waals surface area contributed by atoms with Gasteiger partial charge >= 0.3 is 0 Å². The van der Waals surface area contributed by atoms with Crippen LogP contribution in [0.1, 0.15) is 13.3 Å². The van der Waals surface area contributed by atoms with Gasteiger partial charge in [0.05, 0.1) is 0 Å². The van der Waals surface area contributed by atoms with Gasteiger partial charge in [-0.2, -0.15) is 6.92 Å². The van der Waals surface area contributed by atoms with Crippen molar-refractivity contribution in [2.24, 2.45) is 0 Å². The van der Waals surface area contributed by atoms with Crippen LogP contribution in [0.2, 0.25) is 0 Å². The van der Waals surface area contributed by atoms with Gasteiger partial charge in [0.25, 0.3) is 0 Å². The van der Waals surface area contributed by atoms with E-state index in [0.29, 0.717) is 0 Å². The average Bonchev–Trinajstić information content (AvgIpc) is 1.46. The molecule has 0 aliphatic carbocycles. The van der Waals surface area contributed by atoms with E-state index in [4.69, 9.17) is 0 Å². The Hall–Kier alpha value is 2.21. The molecule has 0 aromatic rings. The molecule has 0 unspecified atom stereocenters. The van der Waals surface area contributed by atoms with Crippen LogP contribution in [0.25, 0.3) is 0 Å². The summed E-state index contributed by atoms with van der Waals surface area (Å²) in [5, 5.41) is 0. The zero-order valence-corrected chi connectivity index (χ0v) is 10.7. The minimum atomic E-state index is 0. The van der Waals surface area contributed by atoms with Gasteiger partial charge in [0.15, 0.2) is 0 Å². The Morgan fingerprint density at radius 1 is 1.00 bits per heavy atom. The molecule has 0 aromatic heterocycles. The Morgan fingerprint density at radius 3 is 1.00 bits per heavy atom. The van der Waals surface area contributed by atoms with Crippen molar-refractivity contribution in [3.63, 3.8) is 0 Å². The second-order valence-corrected chi connectivity index (χ2v) is 0.354. The molecule has 0 saturated heterocycles. The van der Waals surface area contributed by atoms with Crippen molar-refractivity contribution in [3.8, 4) is 0 Å². The summed E-state index contributed by atoms with van der Waals surface area (Å²) >= 11 is 0. The zero-order chi connectivity index (χ0) is 4.71. The minimum absolute atomic E-state index is 0. The van der Waals surface area contributed by atoms with Gasteiger partial charge < -0.3 is 27.2 Å². The summed E-state index contributed by atoms with van der Waals surface area (Å²) in [6.07, 6.45) is 0.750. The van der Waals surface area contributed by atoms with Gasteiger partial charge in [0, 0.05) is 65.4 Å². The maximum atomic E-state index is 3.38. The fourth-order valence-electron chi connectivity index (χ4n) is 0. The number of rotatable bonds is 0. The Bertz CT molecular complexity index is 6.04. The predicted molar refractivity (Wildman–Crippen MR) is 26.4 cm³/mol.